The summed E-state index contributed by atoms with van der Waals surface area (Å²) in [6.45, 7) is 5.29. The minimum atomic E-state index is -0.448. The summed E-state index contributed by atoms with van der Waals surface area (Å²) < 4.78 is 14.6. The molecule has 0 spiro atoms. The molecule has 0 heterocycles. The molecule has 0 aromatic heterocycles. The van der Waals surface area contributed by atoms with Crippen LogP contribution >= 0.6 is 23.5 Å². The van der Waals surface area contributed by atoms with Crippen molar-refractivity contribution in [2.45, 2.75) is 11.8 Å². The second kappa shape index (κ2) is 6.78. The first-order chi connectivity index (χ1) is 9.99. The van der Waals surface area contributed by atoms with E-state index in [1.54, 1.807) is 6.92 Å². The Labute approximate surface area is 132 Å². The van der Waals surface area contributed by atoms with Crippen LogP contribution in [-0.4, -0.2) is 5.91 Å². The van der Waals surface area contributed by atoms with E-state index in [1.165, 1.54) is 34.5 Å². The predicted octanol–water partition coefficient (Wildman–Crippen LogP) is 5.10. The molecule has 0 aliphatic carbocycles. The van der Waals surface area contributed by atoms with Crippen LogP contribution in [0.5, 0.6) is 0 Å². The Hall–Kier alpha value is -1.78. The molecular formula is C16H13ClFNOS. The van der Waals surface area contributed by atoms with E-state index in [2.05, 4.69) is 6.58 Å². The van der Waals surface area contributed by atoms with Gasteiger partial charge in [-0.2, -0.15) is 0 Å². The average Bonchev–Trinajstić information content (AvgIpc) is 2.45. The summed E-state index contributed by atoms with van der Waals surface area (Å²) in [4.78, 5) is 13.2. The quantitative estimate of drug-likeness (QED) is 0.577. The van der Waals surface area contributed by atoms with E-state index in [9.17, 15) is 9.18 Å². The number of anilines is 1. The van der Waals surface area contributed by atoms with Crippen molar-refractivity contribution >= 4 is 35.1 Å². The number of hydrogen-bond donors (Lipinski definition) is 0. The van der Waals surface area contributed by atoms with E-state index in [1.807, 2.05) is 30.3 Å². The number of carbonyl (C=O) groups is 1. The molecule has 0 unspecified atom stereocenters. The highest BCUT2D eigenvalue weighted by atomic mass is 35.5. The van der Waals surface area contributed by atoms with Gasteiger partial charge in [0.1, 0.15) is 5.82 Å². The molecule has 1 amide bonds. The molecule has 0 radical (unpaired) electrons. The summed E-state index contributed by atoms with van der Waals surface area (Å²) in [5.74, 6) is -0.728. The van der Waals surface area contributed by atoms with Gasteiger partial charge in [-0.3, -0.25) is 4.79 Å². The van der Waals surface area contributed by atoms with E-state index in [0.29, 0.717) is 11.3 Å². The first-order valence-corrected chi connectivity index (χ1v) is 7.32. The molecular weight excluding hydrogens is 309 g/mol. The minimum absolute atomic E-state index is 0.174. The Bertz CT molecular complexity index is 675. The van der Waals surface area contributed by atoms with Crippen LogP contribution in [0.2, 0.25) is 5.02 Å². The lowest BCUT2D eigenvalue weighted by molar-refractivity contribution is -0.113. The van der Waals surface area contributed by atoms with E-state index < -0.39 is 5.82 Å². The maximum Gasteiger partial charge on any atom is 0.263 e. The van der Waals surface area contributed by atoms with Crippen molar-refractivity contribution in [1.29, 1.82) is 0 Å². The van der Waals surface area contributed by atoms with Crippen molar-refractivity contribution in [1.82, 2.24) is 0 Å². The largest absolute Gasteiger partial charge is 0.268 e. The van der Waals surface area contributed by atoms with Crippen LogP contribution in [0.1, 0.15) is 6.92 Å². The van der Waals surface area contributed by atoms with Crippen LogP contribution in [0.4, 0.5) is 10.1 Å². The summed E-state index contributed by atoms with van der Waals surface area (Å²) in [5.41, 5.74) is 0.804. The summed E-state index contributed by atoms with van der Waals surface area (Å²) in [6, 6.07) is 13.3. The SMILES string of the molecule is C=C(C)C(=O)N(Sc1ccccc1)c1ccc(F)cc1Cl. The third-order valence-electron chi connectivity index (χ3n) is 2.62. The average molecular weight is 322 g/mol. The maximum absolute atomic E-state index is 13.2. The van der Waals surface area contributed by atoms with Crippen molar-refractivity contribution in [3.05, 3.63) is 71.5 Å². The molecule has 2 rings (SSSR count). The fourth-order valence-corrected chi connectivity index (χ4v) is 2.89. The summed E-state index contributed by atoms with van der Waals surface area (Å²) in [6.07, 6.45) is 0. The highest BCUT2D eigenvalue weighted by Crippen LogP contribution is 2.35. The second-order valence-corrected chi connectivity index (χ2v) is 5.81. The number of rotatable bonds is 4. The molecule has 0 aliphatic heterocycles. The molecule has 2 aromatic rings. The van der Waals surface area contributed by atoms with Crippen LogP contribution < -0.4 is 4.31 Å². The first kappa shape index (κ1) is 15.6. The Morgan fingerprint density at radius 3 is 2.48 bits per heavy atom. The smallest absolute Gasteiger partial charge is 0.263 e. The zero-order valence-electron chi connectivity index (χ0n) is 11.3. The lowest BCUT2D eigenvalue weighted by Gasteiger charge is -2.22. The summed E-state index contributed by atoms with van der Waals surface area (Å²) in [7, 11) is 0. The van der Waals surface area contributed by atoms with Crippen LogP contribution in [0.25, 0.3) is 0 Å². The molecule has 2 nitrogen and oxygen atoms in total. The van der Waals surface area contributed by atoms with Gasteiger partial charge < -0.3 is 0 Å². The standard InChI is InChI=1S/C16H13ClFNOS/c1-11(2)16(20)19(21-13-6-4-3-5-7-13)15-9-8-12(18)10-14(15)17/h3-10H,1H2,2H3. The Balaban J connectivity index is 2.41. The fourth-order valence-electron chi connectivity index (χ4n) is 1.61. The number of halogens is 2. The van der Waals surface area contributed by atoms with E-state index in [4.69, 9.17) is 11.6 Å². The van der Waals surface area contributed by atoms with Gasteiger partial charge in [0, 0.05) is 10.5 Å². The summed E-state index contributed by atoms with van der Waals surface area (Å²) in [5, 5.41) is 0.174. The lowest BCUT2D eigenvalue weighted by atomic mass is 10.2. The molecule has 0 N–H and O–H groups in total. The molecule has 5 heteroatoms. The van der Waals surface area contributed by atoms with Crippen molar-refractivity contribution in [2.24, 2.45) is 0 Å². The third kappa shape index (κ3) is 3.86. The van der Waals surface area contributed by atoms with Gasteiger partial charge in [-0.25, -0.2) is 8.70 Å². The molecule has 0 saturated carbocycles. The lowest BCUT2D eigenvalue weighted by Crippen LogP contribution is -2.24. The van der Waals surface area contributed by atoms with Gasteiger partial charge in [-0.15, -0.1) is 0 Å². The molecule has 0 saturated heterocycles. The number of nitrogens with zero attached hydrogens (tertiary/aromatic N) is 1. The van der Waals surface area contributed by atoms with Gasteiger partial charge in [0.15, 0.2) is 0 Å². The van der Waals surface area contributed by atoms with Crippen LogP contribution in [0, 0.1) is 5.82 Å². The molecule has 0 atom stereocenters. The normalized spacial score (nSPS) is 10.2. The Kier molecular flexibility index (Phi) is 5.04. The van der Waals surface area contributed by atoms with E-state index in [0.717, 1.165) is 4.90 Å². The van der Waals surface area contributed by atoms with Crippen LogP contribution in [0.15, 0.2) is 65.6 Å². The van der Waals surface area contributed by atoms with E-state index >= 15 is 0 Å². The van der Waals surface area contributed by atoms with Gasteiger partial charge in [-0.1, -0.05) is 36.4 Å². The van der Waals surface area contributed by atoms with Crippen molar-refractivity contribution in [3.63, 3.8) is 0 Å². The maximum atomic E-state index is 13.2. The summed E-state index contributed by atoms with van der Waals surface area (Å²) >= 11 is 7.28. The van der Waals surface area contributed by atoms with Gasteiger partial charge in [0.2, 0.25) is 0 Å². The molecule has 0 fully saturated rings. The monoisotopic (exact) mass is 321 g/mol. The third-order valence-corrected chi connectivity index (χ3v) is 3.95. The fraction of sp³-hybridized carbons (Fsp3) is 0.0625. The van der Waals surface area contributed by atoms with Crippen molar-refractivity contribution < 1.29 is 9.18 Å². The number of carbonyl (C=O) groups excluding carboxylic acids is 1. The molecule has 0 bridgehead atoms. The molecule has 108 valence electrons. The van der Waals surface area contributed by atoms with Gasteiger partial charge in [0.25, 0.3) is 5.91 Å². The van der Waals surface area contributed by atoms with Crippen LogP contribution in [-0.2, 0) is 4.79 Å². The molecule has 21 heavy (non-hydrogen) atoms. The number of benzene rings is 2. The van der Waals surface area contributed by atoms with Gasteiger partial charge in [0.05, 0.1) is 10.7 Å². The zero-order chi connectivity index (χ0) is 15.4. The van der Waals surface area contributed by atoms with Gasteiger partial charge >= 0.3 is 0 Å². The molecule has 0 aliphatic rings. The highest BCUT2D eigenvalue weighted by molar-refractivity contribution is 8.01. The second-order valence-electron chi connectivity index (χ2n) is 4.38. The predicted molar refractivity (Wildman–Crippen MR) is 86.0 cm³/mol. The highest BCUT2D eigenvalue weighted by Gasteiger charge is 2.21. The zero-order valence-corrected chi connectivity index (χ0v) is 12.9. The number of hydrogen-bond acceptors (Lipinski definition) is 2. The Morgan fingerprint density at radius 1 is 1.24 bits per heavy atom. The number of amides is 1. The van der Waals surface area contributed by atoms with Crippen molar-refractivity contribution in [3.8, 4) is 0 Å². The van der Waals surface area contributed by atoms with Gasteiger partial charge in [-0.05, 0) is 49.2 Å². The molecule has 2 aromatic carbocycles. The van der Waals surface area contributed by atoms with E-state index in [-0.39, 0.29) is 10.9 Å². The minimum Gasteiger partial charge on any atom is -0.268 e. The van der Waals surface area contributed by atoms with Crippen molar-refractivity contribution in [2.75, 3.05) is 4.31 Å². The topological polar surface area (TPSA) is 20.3 Å². The van der Waals surface area contributed by atoms with Crippen LogP contribution in [0.3, 0.4) is 0 Å². The first-order valence-electron chi connectivity index (χ1n) is 6.17. The Morgan fingerprint density at radius 2 is 1.90 bits per heavy atom.